The Morgan fingerprint density at radius 3 is 2.23 bits per heavy atom. The first-order chi connectivity index (χ1) is 14.7. The third-order valence-corrected chi connectivity index (χ3v) is 4.64. The Balaban J connectivity index is 1.65. The molecule has 0 aliphatic rings. The van der Waals surface area contributed by atoms with Crippen LogP contribution in [-0.2, 0) is 12.8 Å². The van der Waals surface area contributed by atoms with E-state index in [1.807, 2.05) is 44.2 Å². The summed E-state index contributed by atoms with van der Waals surface area (Å²) in [6.07, 6.45) is -1.74. The number of ether oxygens (including phenoxy) is 1. The number of nitrogens with one attached hydrogen (secondary N) is 1. The van der Waals surface area contributed by atoms with Crippen molar-refractivity contribution in [2.75, 3.05) is 0 Å². The van der Waals surface area contributed by atoms with E-state index in [1.54, 1.807) is 0 Å². The maximum Gasteiger partial charge on any atom is 0.416 e. The molecule has 0 saturated carbocycles. The van der Waals surface area contributed by atoms with Gasteiger partial charge in [0.15, 0.2) is 0 Å². The van der Waals surface area contributed by atoms with Crippen LogP contribution in [-0.4, -0.2) is 15.9 Å². The second-order valence-electron chi connectivity index (χ2n) is 7.33. The number of amides is 1. The maximum absolute atomic E-state index is 12.8. The highest BCUT2D eigenvalue weighted by atomic mass is 19.4. The summed E-state index contributed by atoms with van der Waals surface area (Å²) in [7, 11) is 0. The van der Waals surface area contributed by atoms with Crippen LogP contribution in [0.5, 0.6) is 5.88 Å². The number of hydrogen-bond donors (Lipinski definition) is 1. The quantitative estimate of drug-likeness (QED) is 0.561. The van der Waals surface area contributed by atoms with Crippen molar-refractivity contribution in [1.82, 2.24) is 15.3 Å². The molecule has 3 aromatic rings. The highest BCUT2D eigenvalue weighted by Crippen LogP contribution is 2.31. The molecule has 2 aromatic carbocycles. The standard InChI is InChI=1S/C23H22F3N3O2/c1-15(2)21(17-8-10-18(11-9-17)23(24,25)26)29-22(30)19-12-28-20(13-27-19)31-14-16-6-4-3-5-7-16/h3-13,15,21H,14H2,1-2H3,(H,29,30). The van der Waals surface area contributed by atoms with E-state index in [-0.39, 0.29) is 17.5 Å². The normalized spacial score (nSPS) is 12.5. The molecule has 0 radical (unpaired) electrons. The highest BCUT2D eigenvalue weighted by Gasteiger charge is 2.30. The highest BCUT2D eigenvalue weighted by molar-refractivity contribution is 5.92. The molecule has 1 unspecified atom stereocenters. The van der Waals surface area contributed by atoms with E-state index in [0.29, 0.717) is 12.2 Å². The van der Waals surface area contributed by atoms with E-state index >= 15 is 0 Å². The van der Waals surface area contributed by atoms with Gasteiger partial charge >= 0.3 is 6.18 Å². The van der Waals surface area contributed by atoms with Gasteiger partial charge in [0.05, 0.1) is 24.0 Å². The Morgan fingerprint density at radius 1 is 1.00 bits per heavy atom. The predicted molar refractivity (Wildman–Crippen MR) is 109 cm³/mol. The molecule has 1 heterocycles. The first kappa shape index (κ1) is 22.3. The van der Waals surface area contributed by atoms with Gasteiger partial charge in [-0.1, -0.05) is 56.3 Å². The van der Waals surface area contributed by atoms with Gasteiger partial charge in [0.1, 0.15) is 12.3 Å². The third kappa shape index (κ3) is 6.04. The van der Waals surface area contributed by atoms with Crippen LogP contribution in [0.2, 0.25) is 0 Å². The van der Waals surface area contributed by atoms with Gasteiger partial charge in [-0.05, 0) is 29.2 Å². The second kappa shape index (κ2) is 9.59. The van der Waals surface area contributed by atoms with Crippen molar-refractivity contribution in [3.63, 3.8) is 0 Å². The average Bonchev–Trinajstić information content (AvgIpc) is 2.76. The fourth-order valence-electron chi connectivity index (χ4n) is 2.97. The van der Waals surface area contributed by atoms with Crippen molar-refractivity contribution < 1.29 is 22.7 Å². The summed E-state index contributed by atoms with van der Waals surface area (Å²) in [5.41, 5.74) is 0.904. The minimum Gasteiger partial charge on any atom is -0.472 e. The Morgan fingerprint density at radius 2 is 1.68 bits per heavy atom. The predicted octanol–water partition coefficient (Wildman–Crippen LogP) is 5.20. The largest absolute Gasteiger partial charge is 0.472 e. The average molecular weight is 429 g/mol. The number of alkyl halides is 3. The number of carbonyl (C=O) groups excluding carboxylic acids is 1. The lowest BCUT2D eigenvalue weighted by atomic mass is 9.95. The number of hydrogen-bond acceptors (Lipinski definition) is 4. The molecule has 5 nitrogen and oxygen atoms in total. The fourth-order valence-corrected chi connectivity index (χ4v) is 2.97. The minimum absolute atomic E-state index is 0.0536. The monoisotopic (exact) mass is 429 g/mol. The van der Waals surface area contributed by atoms with Gasteiger partial charge in [0.25, 0.3) is 5.91 Å². The number of benzene rings is 2. The van der Waals surface area contributed by atoms with Crippen LogP contribution >= 0.6 is 0 Å². The molecule has 1 N–H and O–H groups in total. The molecule has 1 atom stereocenters. The number of carbonyl (C=O) groups is 1. The second-order valence-corrected chi connectivity index (χ2v) is 7.33. The summed E-state index contributed by atoms with van der Waals surface area (Å²) in [5.74, 6) is -0.244. The molecule has 0 fully saturated rings. The first-order valence-electron chi connectivity index (χ1n) is 9.71. The Labute approximate surface area is 178 Å². The summed E-state index contributed by atoms with van der Waals surface area (Å²) in [6, 6.07) is 13.8. The van der Waals surface area contributed by atoms with E-state index in [9.17, 15) is 18.0 Å². The zero-order chi connectivity index (χ0) is 22.4. The smallest absolute Gasteiger partial charge is 0.416 e. The van der Waals surface area contributed by atoms with Crippen LogP contribution < -0.4 is 10.1 Å². The maximum atomic E-state index is 12.8. The molecule has 0 aliphatic heterocycles. The fraction of sp³-hybridized carbons (Fsp3) is 0.261. The molecule has 31 heavy (non-hydrogen) atoms. The number of rotatable bonds is 7. The van der Waals surface area contributed by atoms with E-state index in [0.717, 1.165) is 17.7 Å². The molecule has 1 aromatic heterocycles. The number of nitrogens with zero attached hydrogens (tertiary/aromatic N) is 2. The van der Waals surface area contributed by atoms with Crippen molar-refractivity contribution in [1.29, 1.82) is 0 Å². The molecule has 0 spiro atoms. The van der Waals surface area contributed by atoms with Crippen LogP contribution in [0.25, 0.3) is 0 Å². The van der Waals surface area contributed by atoms with E-state index < -0.39 is 23.7 Å². The van der Waals surface area contributed by atoms with Crippen LogP contribution in [0.15, 0.2) is 67.0 Å². The zero-order valence-electron chi connectivity index (χ0n) is 17.1. The molecule has 162 valence electrons. The Bertz CT molecular complexity index is 989. The van der Waals surface area contributed by atoms with E-state index in [2.05, 4.69) is 15.3 Å². The summed E-state index contributed by atoms with van der Waals surface area (Å²) in [6.45, 7) is 4.06. The topological polar surface area (TPSA) is 64.1 Å². The molecule has 0 bridgehead atoms. The molecule has 1 amide bonds. The number of aromatic nitrogens is 2. The minimum atomic E-state index is -4.41. The van der Waals surface area contributed by atoms with Gasteiger partial charge in [-0.3, -0.25) is 4.79 Å². The van der Waals surface area contributed by atoms with Gasteiger partial charge in [-0.15, -0.1) is 0 Å². The lowest BCUT2D eigenvalue weighted by Gasteiger charge is -2.23. The van der Waals surface area contributed by atoms with Crippen molar-refractivity contribution in [2.24, 2.45) is 5.92 Å². The van der Waals surface area contributed by atoms with Gasteiger partial charge in [-0.2, -0.15) is 13.2 Å². The Hall–Kier alpha value is -3.42. The van der Waals surface area contributed by atoms with Crippen molar-refractivity contribution in [3.05, 3.63) is 89.4 Å². The van der Waals surface area contributed by atoms with Gasteiger partial charge in [0, 0.05) is 0 Å². The van der Waals surface area contributed by atoms with Gasteiger partial charge in [-0.25, -0.2) is 9.97 Å². The summed E-state index contributed by atoms with van der Waals surface area (Å²) >= 11 is 0. The van der Waals surface area contributed by atoms with E-state index in [1.165, 1.54) is 24.5 Å². The van der Waals surface area contributed by atoms with Crippen molar-refractivity contribution in [2.45, 2.75) is 32.7 Å². The third-order valence-electron chi connectivity index (χ3n) is 4.64. The summed E-state index contributed by atoms with van der Waals surface area (Å²) in [5, 5.41) is 2.82. The number of halogens is 3. The van der Waals surface area contributed by atoms with Gasteiger partial charge in [0.2, 0.25) is 5.88 Å². The van der Waals surface area contributed by atoms with Crippen molar-refractivity contribution >= 4 is 5.91 Å². The molecule has 0 aliphatic carbocycles. The molecule has 8 heteroatoms. The van der Waals surface area contributed by atoms with Crippen LogP contribution in [0.1, 0.15) is 47.1 Å². The molecule has 0 saturated heterocycles. The molecular formula is C23H22F3N3O2. The van der Waals surface area contributed by atoms with Crippen LogP contribution in [0.4, 0.5) is 13.2 Å². The van der Waals surface area contributed by atoms with Crippen LogP contribution in [0, 0.1) is 5.92 Å². The summed E-state index contributed by atoms with van der Waals surface area (Å²) < 4.78 is 44.0. The molecular weight excluding hydrogens is 407 g/mol. The summed E-state index contributed by atoms with van der Waals surface area (Å²) in [4.78, 5) is 20.8. The van der Waals surface area contributed by atoms with Crippen molar-refractivity contribution in [3.8, 4) is 5.88 Å². The van der Waals surface area contributed by atoms with Crippen LogP contribution in [0.3, 0.4) is 0 Å². The van der Waals surface area contributed by atoms with E-state index in [4.69, 9.17) is 4.74 Å². The van der Waals surface area contributed by atoms with Gasteiger partial charge < -0.3 is 10.1 Å². The lowest BCUT2D eigenvalue weighted by molar-refractivity contribution is -0.137. The zero-order valence-corrected chi connectivity index (χ0v) is 17.1. The lowest BCUT2D eigenvalue weighted by Crippen LogP contribution is -2.32. The Kier molecular flexibility index (Phi) is 6.89. The SMILES string of the molecule is CC(C)C(NC(=O)c1cnc(OCc2ccccc2)cn1)c1ccc(C(F)(F)F)cc1. The first-order valence-corrected chi connectivity index (χ1v) is 9.71. The molecule has 3 rings (SSSR count).